The first kappa shape index (κ1) is 64.4. The van der Waals surface area contributed by atoms with Gasteiger partial charge in [0.25, 0.3) is 0 Å². The quantitative estimate of drug-likeness (QED) is 0.121. The fourth-order valence-corrected chi connectivity index (χ4v) is 21.5. The molecule has 0 unspecified atom stereocenters. The van der Waals surface area contributed by atoms with Crippen LogP contribution in [0.25, 0.3) is 116 Å². The van der Waals surface area contributed by atoms with Gasteiger partial charge in [0.05, 0.1) is 27.8 Å². The van der Waals surface area contributed by atoms with E-state index in [1.807, 2.05) is 0 Å². The first-order chi connectivity index (χ1) is 47.8. The van der Waals surface area contributed by atoms with Gasteiger partial charge in [0.2, 0.25) is 0 Å². The molecule has 0 bridgehead atoms. The number of fused-ring (bicyclic) bond motifs is 9. The van der Waals surface area contributed by atoms with Crippen LogP contribution in [-0.4, -0.2) is 147 Å². The Morgan fingerprint density at radius 2 is 0.576 bits per heavy atom. The van der Waals surface area contributed by atoms with Crippen LogP contribution < -0.4 is 92.9 Å². The van der Waals surface area contributed by atoms with E-state index in [4.69, 9.17) is 0 Å². The number of aromatic nitrogens is 3. The van der Waals surface area contributed by atoms with Crippen molar-refractivity contribution in [3.63, 3.8) is 0 Å². The lowest BCUT2D eigenvalue weighted by molar-refractivity contribution is 1.17. The molecule has 3 nitrogen and oxygen atoms in total. The summed E-state index contributed by atoms with van der Waals surface area (Å²) in [4.78, 5) is 5.20. The fraction of sp³-hybridized carbons (Fsp3) is 0. The fourth-order valence-electron chi connectivity index (χ4n) is 17.6. The van der Waals surface area contributed by atoms with E-state index in [0.29, 0.717) is 0 Å². The van der Waals surface area contributed by atoms with Crippen LogP contribution in [0.1, 0.15) is 0 Å². The lowest BCUT2D eigenvalue weighted by Crippen LogP contribution is -2.55. The van der Waals surface area contributed by atoms with Crippen molar-refractivity contribution in [1.82, 2.24) is 13.7 Å². The third-order valence-electron chi connectivity index (χ3n) is 24.0. The van der Waals surface area contributed by atoms with Gasteiger partial charge in [0.1, 0.15) is 133 Å². The minimum absolute atomic E-state index is 1.16. The van der Waals surface area contributed by atoms with Crippen molar-refractivity contribution >= 4 is 302 Å². The van der Waals surface area contributed by atoms with Crippen molar-refractivity contribution in [2.24, 2.45) is 0 Å². The normalized spacial score (nSPS) is 12.1. The van der Waals surface area contributed by atoms with Gasteiger partial charge < -0.3 is 13.7 Å². The largest absolute Gasteiger partial charge is 0.310 e. The summed E-state index contributed by atoms with van der Waals surface area (Å²) in [7, 11) is 37.8. The van der Waals surface area contributed by atoms with Crippen molar-refractivity contribution in [2.75, 3.05) is 0 Å². The highest BCUT2D eigenvalue weighted by Crippen LogP contribution is 2.74. The van der Waals surface area contributed by atoms with Gasteiger partial charge in [-0.05, 0) is 119 Å². The molecule has 0 radical (unpaired) electrons. The molecule has 16 rings (SSSR count). The Hall–Kier alpha value is -9.29. The third-order valence-corrected chi connectivity index (χ3v) is 27.9. The molecule has 0 spiro atoms. The van der Waals surface area contributed by atoms with Crippen LogP contribution in [0.5, 0.6) is 0 Å². The van der Waals surface area contributed by atoms with Crippen molar-refractivity contribution in [3.8, 4) is 50.4 Å². The minimum atomic E-state index is -2.19. The average molecular weight is 1270 g/mol. The molecule has 0 aliphatic rings. The Labute approximate surface area is 599 Å². The summed E-state index contributed by atoms with van der Waals surface area (Å²) < 4.78 is 7.85. The van der Waals surface area contributed by atoms with E-state index in [-0.39, 0.29) is 0 Å². The maximum Gasteiger partial charge on any atom is 0.142 e. The molecule has 0 N–H and O–H groups in total. The molecule has 0 fully saturated rings. The molecule has 3 heterocycles. The molecule has 454 valence electrons. The number of para-hydroxylation sites is 3. The molecular weight excluding hydrogens is 1190 g/mol. The van der Waals surface area contributed by atoms with Crippen LogP contribution in [-0.2, 0) is 0 Å². The van der Waals surface area contributed by atoms with E-state index in [2.05, 4.69) is 365 Å². The number of hydrogen-bond acceptors (Lipinski definition) is 0. The number of hydrogen-bond donors (Lipinski definition) is 0. The van der Waals surface area contributed by atoms with E-state index >= 15 is 0 Å². The molecule has 0 saturated heterocycles. The summed E-state index contributed by atoms with van der Waals surface area (Å²) >= 11 is 0. The number of benzene rings is 13. The van der Waals surface area contributed by atoms with Crippen molar-refractivity contribution in [1.29, 1.82) is 0 Å². The van der Waals surface area contributed by atoms with Gasteiger partial charge in [-0.25, -0.2) is 0 Å². The Balaban J connectivity index is 0.991. The minimum Gasteiger partial charge on any atom is -0.310 e. The van der Waals surface area contributed by atoms with Crippen LogP contribution in [0, 0.1) is 0 Å². The topological polar surface area (TPSA) is 14.8 Å². The molecule has 0 saturated carbocycles. The Kier molecular flexibility index (Phi) is 15.8. The van der Waals surface area contributed by atoms with Crippen LogP contribution in [0.15, 0.2) is 238 Å². The maximum absolute atomic E-state index is 2.67. The van der Waals surface area contributed by atoms with E-state index in [1.54, 1.807) is 0 Å². The summed E-state index contributed by atoms with van der Waals surface area (Å²) in [5.74, 6) is 0. The summed E-state index contributed by atoms with van der Waals surface area (Å²) in [6.07, 6.45) is 0. The maximum atomic E-state index is 2.67. The van der Waals surface area contributed by atoms with Crippen molar-refractivity contribution < 1.29 is 0 Å². The zero-order chi connectivity index (χ0) is 68.9. The van der Waals surface area contributed by atoms with E-state index < -0.39 is 10.0 Å². The zero-order valence-electron chi connectivity index (χ0n) is 60.5. The first-order valence-corrected chi connectivity index (χ1v) is 36.9. The lowest BCUT2D eigenvalue weighted by atomic mass is 9.58. The molecule has 16 aromatic rings. The molecule has 3 aromatic heterocycles. The first-order valence-electron chi connectivity index (χ1n) is 35.3. The number of nitrogens with zero attached hydrogens (tertiary/aromatic N) is 3. The Morgan fingerprint density at radius 3 is 1.04 bits per heavy atom. The second-order valence-corrected chi connectivity index (χ2v) is 31.5. The summed E-state index contributed by atoms with van der Waals surface area (Å²) in [5, 5.41) is 7.66. The van der Waals surface area contributed by atoms with Gasteiger partial charge in [-0.1, -0.05) is 182 Å². The predicted octanol–water partition coefficient (Wildman–Crippen LogP) is -8.29. The Morgan fingerprint density at radius 1 is 0.222 bits per heavy atom. The smallest absolute Gasteiger partial charge is 0.142 e. The van der Waals surface area contributed by atoms with Gasteiger partial charge in [0, 0.05) is 80.0 Å². The van der Waals surface area contributed by atoms with Crippen molar-refractivity contribution in [2.45, 2.75) is 19.6 Å². The molecule has 0 atom stereocenters. The molecular formula is C78H70B17N3S. The highest BCUT2D eigenvalue weighted by Gasteiger charge is 2.37. The number of rotatable bonds is 10. The molecule has 0 amide bonds. The highest BCUT2D eigenvalue weighted by molar-refractivity contribution is 8.34. The van der Waals surface area contributed by atoms with E-state index in [1.165, 1.54) is 223 Å². The molecule has 0 aliphatic carbocycles. The predicted molar refractivity (Wildman–Crippen MR) is 485 cm³/mol. The summed E-state index contributed by atoms with van der Waals surface area (Å²) in [6, 6.07) is 83.4. The molecule has 21 heteroatoms. The second kappa shape index (κ2) is 24.3. The third kappa shape index (κ3) is 9.38. The van der Waals surface area contributed by atoms with Crippen LogP contribution in [0.2, 0.25) is 0 Å². The van der Waals surface area contributed by atoms with Gasteiger partial charge in [0.15, 0.2) is 0 Å². The lowest BCUT2D eigenvalue weighted by Gasteiger charge is -2.43. The monoisotopic (exact) mass is 1270 g/mol. The SMILES string of the molecule is Bc1c(B)c(B)c(-c2cc(S(c3ccccc3)(c3ccccc3)c3ccccc3)cc(-c3c(B)c(B)c(B)c(B)c3B)c2-n2c3ccccc3c3cc(-c4cccc(-n5c6c(B)c(B)c(B)c(B)c6c6c(B)c(-n7c8ccccc8c8ccccc87)c(B)c(B)c65)c4)ccc32)c(B)c1B. The second-order valence-electron chi connectivity index (χ2n) is 28.4. The molecule has 13 aromatic carbocycles. The zero-order valence-corrected chi connectivity index (χ0v) is 61.4. The van der Waals surface area contributed by atoms with Crippen molar-refractivity contribution in [3.05, 3.63) is 218 Å². The Bertz CT molecular complexity index is 5850. The molecule has 99 heavy (non-hydrogen) atoms. The van der Waals surface area contributed by atoms with Gasteiger partial charge in [-0.2, -0.15) is 0 Å². The summed E-state index contributed by atoms with van der Waals surface area (Å²) in [5.41, 5.74) is 41.0. The van der Waals surface area contributed by atoms with E-state index in [9.17, 15) is 0 Å². The van der Waals surface area contributed by atoms with Gasteiger partial charge in [-0.15, -0.1) is 48.3 Å². The standard InChI is InChI=1S/C78H70B17N3S/c79-58-54(59(80)65(86)69(90)64(58)85)48-35-43(99(40-19-4-1-5-20-40,41-21-6-2-7-22-41)42-23-8-3-9-24-42)36-49(55-60(81)66(87)70(91)67(88)61(55)82)75(48)97-52-30-15-12-27-46(52)47-34-38(31-32-53(47)97)37-17-16-18-39(33-37)96-76-56(62(83)68(89)71(92)72(76)93)57-63(84)78(74(95)73(94)77(57)96)98-50-28-13-10-25-44(50)45-26-11-14-29-51(45)98/h1-36H,79-95H2. The average Bonchev–Trinajstić information content (AvgIpc) is 1.69. The molecule has 0 aliphatic heterocycles. The van der Waals surface area contributed by atoms with Gasteiger partial charge in [-0.3, -0.25) is 0 Å². The van der Waals surface area contributed by atoms with Crippen LogP contribution in [0.3, 0.4) is 0 Å². The van der Waals surface area contributed by atoms with Crippen LogP contribution in [0.4, 0.5) is 0 Å². The summed E-state index contributed by atoms with van der Waals surface area (Å²) in [6.45, 7) is 0. The van der Waals surface area contributed by atoms with Crippen LogP contribution >= 0.6 is 10.0 Å². The van der Waals surface area contributed by atoms with Gasteiger partial charge >= 0.3 is 0 Å². The van der Waals surface area contributed by atoms with E-state index in [0.717, 1.165) is 5.69 Å². The highest BCUT2D eigenvalue weighted by atomic mass is 32.3.